The Bertz CT molecular complexity index is 792. The molecular formula is C19H25N5O5. The fourth-order valence-corrected chi connectivity index (χ4v) is 2.89. The van der Waals surface area contributed by atoms with Crippen LogP contribution in [0.5, 0.6) is 0 Å². The first-order valence-corrected chi connectivity index (χ1v) is 9.08. The van der Waals surface area contributed by atoms with Crippen LogP contribution in [0.25, 0.3) is 11.4 Å². The number of aromatic nitrogens is 2. The molecule has 1 aliphatic heterocycles. The van der Waals surface area contributed by atoms with E-state index in [0.717, 1.165) is 17.7 Å². The maximum absolute atomic E-state index is 12.4. The van der Waals surface area contributed by atoms with E-state index in [-0.39, 0.29) is 30.6 Å². The Kier molecular flexibility index (Phi) is 8.28. The minimum absolute atomic E-state index is 0.0523. The smallest absolute Gasteiger partial charge is 0.290 e. The highest BCUT2D eigenvalue weighted by atomic mass is 16.5. The molecule has 0 aliphatic carbocycles. The zero-order valence-corrected chi connectivity index (χ0v) is 16.4. The van der Waals surface area contributed by atoms with Crippen LogP contribution in [-0.4, -0.2) is 77.1 Å². The zero-order valence-electron chi connectivity index (χ0n) is 16.4. The lowest BCUT2D eigenvalue weighted by Gasteiger charge is -2.19. The number of rotatable bonds is 7. The van der Waals surface area contributed by atoms with Gasteiger partial charge in [0.15, 0.2) is 0 Å². The van der Waals surface area contributed by atoms with E-state index >= 15 is 0 Å². The maximum Gasteiger partial charge on any atom is 0.290 e. The Morgan fingerprint density at radius 2 is 2.07 bits per heavy atom. The minimum atomic E-state index is -0.275. The quantitative estimate of drug-likeness (QED) is 0.638. The summed E-state index contributed by atoms with van der Waals surface area (Å²) in [6, 6.07) is 7.59. The Balaban J connectivity index is 0.000000941. The number of hydrogen-bond acceptors (Lipinski definition) is 7. The second-order valence-corrected chi connectivity index (χ2v) is 6.82. The largest absolute Gasteiger partial charge is 0.483 e. The molecule has 0 bridgehead atoms. The molecule has 2 amide bonds. The molecule has 29 heavy (non-hydrogen) atoms. The maximum atomic E-state index is 12.4. The van der Waals surface area contributed by atoms with Crippen molar-refractivity contribution in [3.05, 3.63) is 36.2 Å². The summed E-state index contributed by atoms with van der Waals surface area (Å²) in [4.78, 5) is 40.6. The van der Waals surface area contributed by atoms with Crippen molar-refractivity contribution in [3.63, 3.8) is 0 Å². The van der Waals surface area contributed by atoms with Crippen molar-refractivity contribution < 1.29 is 24.0 Å². The summed E-state index contributed by atoms with van der Waals surface area (Å²) in [5, 5.41) is 13.6. The van der Waals surface area contributed by atoms with Gasteiger partial charge in [0.05, 0.1) is 5.92 Å². The van der Waals surface area contributed by atoms with Gasteiger partial charge in [-0.1, -0.05) is 29.4 Å². The SMILES string of the molecule is CN(C)CCN1CC(C(=O)NCc2ccc(-c3ncon3)cc2)CC1=O.O=CO. The number of amides is 2. The minimum Gasteiger partial charge on any atom is -0.483 e. The molecule has 1 saturated heterocycles. The van der Waals surface area contributed by atoms with E-state index in [1.807, 2.05) is 43.3 Å². The van der Waals surface area contributed by atoms with Gasteiger partial charge in [0.1, 0.15) is 0 Å². The van der Waals surface area contributed by atoms with E-state index < -0.39 is 0 Å². The van der Waals surface area contributed by atoms with E-state index in [9.17, 15) is 9.59 Å². The van der Waals surface area contributed by atoms with Crippen molar-refractivity contribution in [2.45, 2.75) is 13.0 Å². The Morgan fingerprint density at radius 3 is 2.66 bits per heavy atom. The fraction of sp³-hybridized carbons (Fsp3) is 0.421. The van der Waals surface area contributed by atoms with Crippen LogP contribution in [0.3, 0.4) is 0 Å². The number of carbonyl (C=O) groups excluding carboxylic acids is 2. The predicted molar refractivity (Wildman–Crippen MR) is 104 cm³/mol. The van der Waals surface area contributed by atoms with Gasteiger partial charge < -0.3 is 24.7 Å². The molecule has 1 aromatic heterocycles. The first-order chi connectivity index (χ1) is 13.9. The van der Waals surface area contributed by atoms with Crippen molar-refractivity contribution in [1.82, 2.24) is 25.3 Å². The van der Waals surface area contributed by atoms with E-state index in [4.69, 9.17) is 14.4 Å². The normalized spacial score (nSPS) is 15.8. The standard InChI is InChI=1S/C18H23N5O3.CH2O2/c1-22(2)7-8-23-11-15(9-16(23)24)18(25)19-10-13-3-5-14(6-4-13)17-20-12-26-21-17;2-1-3/h3-6,12,15H,7-11H2,1-2H3,(H,19,25);1H,(H,2,3). The molecule has 0 radical (unpaired) electrons. The van der Waals surface area contributed by atoms with E-state index in [1.54, 1.807) is 4.90 Å². The van der Waals surface area contributed by atoms with Crippen molar-refractivity contribution in [2.24, 2.45) is 5.92 Å². The molecule has 2 heterocycles. The number of nitrogens with one attached hydrogen (secondary N) is 1. The van der Waals surface area contributed by atoms with Crippen LogP contribution >= 0.6 is 0 Å². The summed E-state index contributed by atoms with van der Waals surface area (Å²) in [5.74, 6) is 0.232. The number of likely N-dealkylation sites (N-methyl/N-ethyl adjacent to an activating group) is 1. The zero-order chi connectivity index (χ0) is 21.2. The van der Waals surface area contributed by atoms with Gasteiger partial charge in [0.25, 0.3) is 6.47 Å². The van der Waals surface area contributed by atoms with Gasteiger partial charge in [-0.3, -0.25) is 14.4 Å². The second-order valence-electron chi connectivity index (χ2n) is 6.82. The van der Waals surface area contributed by atoms with Crippen LogP contribution in [0.4, 0.5) is 0 Å². The molecule has 1 aliphatic rings. The molecule has 0 saturated carbocycles. The molecule has 2 aromatic rings. The van der Waals surface area contributed by atoms with Crippen LogP contribution in [0.1, 0.15) is 12.0 Å². The number of benzene rings is 1. The van der Waals surface area contributed by atoms with Gasteiger partial charge in [0, 0.05) is 38.2 Å². The van der Waals surface area contributed by atoms with Gasteiger partial charge in [-0.25, -0.2) is 0 Å². The summed E-state index contributed by atoms with van der Waals surface area (Å²) < 4.78 is 4.73. The van der Waals surface area contributed by atoms with Crippen LogP contribution in [0.15, 0.2) is 35.2 Å². The molecule has 2 N–H and O–H groups in total. The van der Waals surface area contributed by atoms with Gasteiger partial charge in [-0.2, -0.15) is 4.98 Å². The van der Waals surface area contributed by atoms with Gasteiger partial charge >= 0.3 is 0 Å². The lowest BCUT2D eigenvalue weighted by Crippen LogP contribution is -2.35. The number of likely N-dealkylation sites (tertiary alicyclic amines) is 1. The molecule has 0 spiro atoms. The lowest BCUT2D eigenvalue weighted by atomic mass is 10.1. The Labute approximate surface area is 168 Å². The van der Waals surface area contributed by atoms with E-state index in [1.165, 1.54) is 6.39 Å². The van der Waals surface area contributed by atoms with Gasteiger partial charge in [-0.15, -0.1) is 0 Å². The van der Waals surface area contributed by atoms with Gasteiger partial charge in [-0.05, 0) is 19.7 Å². The summed E-state index contributed by atoms with van der Waals surface area (Å²) in [6.07, 6.45) is 1.57. The number of carbonyl (C=O) groups is 3. The lowest BCUT2D eigenvalue weighted by molar-refractivity contribution is -0.129. The van der Waals surface area contributed by atoms with Crippen molar-refractivity contribution in [1.29, 1.82) is 0 Å². The molecular weight excluding hydrogens is 378 g/mol. The van der Waals surface area contributed by atoms with Crippen LogP contribution in [-0.2, 0) is 20.9 Å². The molecule has 10 heteroatoms. The van der Waals surface area contributed by atoms with Crippen LogP contribution in [0.2, 0.25) is 0 Å². The first-order valence-electron chi connectivity index (χ1n) is 9.08. The first kappa shape index (κ1) is 22.0. The highest BCUT2D eigenvalue weighted by Gasteiger charge is 2.33. The molecule has 1 atom stereocenters. The highest BCUT2D eigenvalue weighted by molar-refractivity contribution is 5.89. The topological polar surface area (TPSA) is 129 Å². The molecule has 1 aromatic carbocycles. The monoisotopic (exact) mass is 403 g/mol. The number of nitrogens with zero attached hydrogens (tertiary/aromatic N) is 4. The van der Waals surface area contributed by atoms with Crippen LogP contribution < -0.4 is 5.32 Å². The molecule has 156 valence electrons. The fourth-order valence-electron chi connectivity index (χ4n) is 2.89. The third-order valence-corrected chi connectivity index (χ3v) is 4.44. The van der Waals surface area contributed by atoms with Crippen LogP contribution in [0, 0.1) is 5.92 Å². The predicted octanol–water partition coefficient (Wildman–Crippen LogP) is 0.464. The average Bonchev–Trinajstić information content (AvgIpc) is 3.35. The average molecular weight is 403 g/mol. The molecule has 10 nitrogen and oxygen atoms in total. The van der Waals surface area contributed by atoms with E-state index in [2.05, 4.69) is 15.5 Å². The third kappa shape index (κ3) is 6.68. The van der Waals surface area contributed by atoms with Gasteiger partial charge in [0.2, 0.25) is 24.0 Å². The number of carboxylic acid groups (broad SMARTS) is 1. The van der Waals surface area contributed by atoms with Crippen molar-refractivity contribution >= 4 is 18.3 Å². The summed E-state index contributed by atoms with van der Waals surface area (Å²) >= 11 is 0. The second kappa shape index (κ2) is 10.9. The molecule has 1 unspecified atom stereocenters. The molecule has 1 fully saturated rings. The summed E-state index contributed by atoms with van der Waals surface area (Å²) in [5.41, 5.74) is 1.83. The number of hydrogen-bond donors (Lipinski definition) is 2. The Morgan fingerprint density at radius 1 is 1.38 bits per heavy atom. The third-order valence-electron chi connectivity index (χ3n) is 4.44. The van der Waals surface area contributed by atoms with Crippen molar-refractivity contribution in [3.8, 4) is 11.4 Å². The highest BCUT2D eigenvalue weighted by Crippen LogP contribution is 2.18. The van der Waals surface area contributed by atoms with E-state index in [0.29, 0.717) is 25.5 Å². The summed E-state index contributed by atoms with van der Waals surface area (Å²) in [7, 11) is 3.93. The molecule has 3 rings (SSSR count). The summed E-state index contributed by atoms with van der Waals surface area (Å²) in [6.45, 7) is 2.13. The Hall–Kier alpha value is -3.27. The van der Waals surface area contributed by atoms with Crippen molar-refractivity contribution in [2.75, 3.05) is 33.7 Å².